The number of rotatable bonds is 6. The lowest BCUT2D eigenvalue weighted by Crippen LogP contribution is -2.48. The molecular formula is C23H28N2O3. The van der Waals surface area contributed by atoms with E-state index in [1.165, 1.54) is 11.1 Å². The van der Waals surface area contributed by atoms with Gasteiger partial charge in [-0.1, -0.05) is 24.3 Å². The van der Waals surface area contributed by atoms with Gasteiger partial charge in [0.2, 0.25) is 5.91 Å². The Hall–Kier alpha value is -2.53. The van der Waals surface area contributed by atoms with Crippen molar-refractivity contribution in [3.8, 4) is 11.5 Å². The minimum absolute atomic E-state index is 0.247. The first kappa shape index (κ1) is 18.8. The van der Waals surface area contributed by atoms with Crippen LogP contribution in [0.1, 0.15) is 23.1 Å². The molecule has 0 N–H and O–H groups in total. The van der Waals surface area contributed by atoms with Crippen LogP contribution >= 0.6 is 0 Å². The fourth-order valence-corrected chi connectivity index (χ4v) is 3.99. The molecule has 1 fully saturated rings. The number of fused-ring (bicyclic) bond motifs is 1. The van der Waals surface area contributed by atoms with E-state index in [0.29, 0.717) is 6.42 Å². The third kappa shape index (κ3) is 4.47. The molecule has 148 valence electrons. The van der Waals surface area contributed by atoms with Crippen molar-refractivity contribution in [3.63, 3.8) is 0 Å². The van der Waals surface area contributed by atoms with E-state index in [1.54, 1.807) is 7.11 Å². The standard InChI is InChI=1S/C23H28N2O3/c1-27-21-4-2-3-18(16-21)6-8-23(26)25-12-10-24(11-13-25)17-19-5-7-22-20(15-19)9-14-28-22/h2-5,7,15-16H,6,8-14,17H2,1H3. The van der Waals surface area contributed by atoms with Gasteiger partial charge in [0.05, 0.1) is 13.7 Å². The highest BCUT2D eigenvalue weighted by Gasteiger charge is 2.21. The van der Waals surface area contributed by atoms with Gasteiger partial charge in [-0.15, -0.1) is 0 Å². The van der Waals surface area contributed by atoms with Crippen molar-refractivity contribution in [2.75, 3.05) is 39.9 Å². The number of ether oxygens (including phenoxy) is 2. The Morgan fingerprint density at radius 3 is 2.75 bits per heavy atom. The third-order valence-electron chi connectivity index (χ3n) is 5.65. The Balaban J connectivity index is 1.23. The molecule has 5 heteroatoms. The minimum Gasteiger partial charge on any atom is -0.497 e. The molecule has 0 saturated carbocycles. The molecule has 1 saturated heterocycles. The maximum absolute atomic E-state index is 12.6. The Labute approximate surface area is 166 Å². The number of carbonyl (C=O) groups is 1. The zero-order valence-corrected chi connectivity index (χ0v) is 16.5. The largest absolute Gasteiger partial charge is 0.497 e. The quantitative estimate of drug-likeness (QED) is 0.773. The average Bonchev–Trinajstić information content (AvgIpc) is 3.20. The van der Waals surface area contributed by atoms with Crippen LogP contribution in [-0.2, 0) is 24.2 Å². The summed E-state index contributed by atoms with van der Waals surface area (Å²) in [6.45, 7) is 5.22. The summed E-state index contributed by atoms with van der Waals surface area (Å²) in [5.41, 5.74) is 3.80. The predicted octanol–water partition coefficient (Wildman–Crippen LogP) is 2.91. The molecule has 0 aliphatic carbocycles. The summed E-state index contributed by atoms with van der Waals surface area (Å²) in [6.07, 6.45) is 2.32. The second kappa shape index (κ2) is 8.65. The van der Waals surface area contributed by atoms with Crippen molar-refractivity contribution in [2.45, 2.75) is 25.8 Å². The van der Waals surface area contributed by atoms with Crippen molar-refractivity contribution in [3.05, 3.63) is 59.2 Å². The van der Waals surface area contributed by atoms with Gasteiger partial charge in [0.15, 0.2) is 0 Å². The number of aryl methyl sites for hydroxylation is 1. The number of nitrogens with zero attached hydrogens (tertiary/aromatic N) is 2. The Kier molecular flexibility index (Phi) is 5.81. The second-order valence-corrected chi connectivity index (χ2v) is 7.55. The Morgan fingerprint density at radius 1 is 1.07 bits per heavy atom. The summed E-state index contributed by atoms with van der Waals surface area (Å²) < 4.78 is 10.8. The first-order valence-electron chi connectivity index (χ1n) is 10.1. The van der Waals surface area contributed by atoms with Gasteiger partial charge < -0.3 is 14.4 Å². The molecule has 0 bridgehead atoms. The van der Waals surface area contributed by atoms with E-state index >= 15 is 0 Å². The molecule has 0 spiro atoms. The molecule has 0 radical (unpaired) electrons. The molecule has 5 nitrogen and oxygen atoms in total. The number of methoxy groups -OCH3 is 1. The molecular weight excluding hydrogens is 352 g/mol. The number of hydrogen-bond acceptors (Lipinski definition) is 4. The number of piperazine rings is 1. The monoisotopic (exact) mass is 380 g/mol. The Morgan fingerprint density at radius 2 is 1.93 bits per heavy atom. The van der Waals surface area contributed by atoms with E-state index in [1.807, 2.05) is 23.1 Å². The topological polar surface area (TPSA) is 42.0 Å². The highest BCUT2D eigenvalue weighted by molar-refractivity contribution is 5.76. The first-order valence-corrected chi connectivity index (χ1v) is 10.1. The van der Waals surface area contributed by atoms with E-state index in [9.17, 15) is 4.79 Å². The van der Waals surface area contributed by atoms with Crippen LogP contribution in [0.15, 0.2) is 42.5 Å². The smallest absolute Gasteiger partial charge is 0.222 e. The summed E-state index contributed by atoms with van der Waals surface area (Å²) in [7, 11) is 1.67. The number of carbonyl (C=O) groups excluding carboxylic acids is 1. The average molecular weight is 380 g/mol. The number of amides is 1. The van der Waals surface area contributed by atoms with Gasteiger partial charge in [-0.05, 0) is 41.3 Å². The lowest BCUT2D eigenvalue weighted by molar-refractivity contribution is -0.133. The number of hydrogen-bond donors (Lipinski definition) is 0. The van der Waals surface area contributed by atoms with Gasteiger partial charge >= 0.3 is 0 Å². The van der Waals surface area contributed by atoms with Gasteiger partial charge in [0.1, 0.15) is 11.5 Å². The van der Waals surface area contributed by atoms with Crippen LogP contribution in [0, 0.1) is 0 Å². The first-order chi connectivity index (χ1) is 13.7. The van der Waals surface area contributed by atoms with Crippen molar-refractivity contribution < 1.29 is 14.3 Å². The summed E-state index contributed by atoms with van der Waals surface area (Å²) in [5, 5.41) is 0. The molecule has 28 heavy (non-hydrogen) atoms. The summed E-state index contributed by atoms with van der Waals surface area (Å²) in [5.74, 6) is 2.13. The van der Waals surface area contributed by atoms with E-state index in [0.717, 1.165) is 69.2 Å². The fourth-order valence-electron chi connectivity index (χ4n) is 3.99. The number of benzene rings is 2. The van der Waals surface area contributed by atoms with Gasteiger partial charge in [0, 0.05) is 45.6 Å². The second-order valence-electron chi connectivity index (χ2n) is 7.55. The van der Waals surface area contributed by atoms with Gasteiger partial charge in [-0.25, -0.2) is 0 Å². The maximum atomic E-state index is 12.6. The van der Waals surface area contributed by atoms with Gasteiger partial charge in [0.25, 0.3) is 0 Å². The zero-order valence-electron chi connectivity index (χ0n) is 16.5. The maximum Gasteiger partial charge on any atom is 0.222 e. The molecule has 2 aliphatic rings. The molecule has 2 aromatic carbocycles. The van der Waals surface area contributed by atoms with Crippen molar-refractivity contribution >= 4 is 5.91 Å². The van der Waals surface area contributed by atoms with E-state index in [4.69, 9.17) is 9.47 Å². The molecule has 1 amide bonds. The predicted molar refractivity (Wildman–Crippen MR) is 109 cm³/mol. The molecule has 2 aromatic rings. The summed E-state index contributed by atoms with van der Waals surface area (Å²) in [4.78, 5) is 17.0. The Bertz CT molecular complexity index is 828. The van der Waals surface area contributed by atoms with Crippen molar-refractivity contribution in [1.29, 1.82) is 0 Å². The van der Waals surface area contributed by atoms with Crippen LogP contribution in [0.4, 0.5) is 0 Å². The van der Waals surface area contributed by atoms with E-state index in [2.05, 4.69) is 29.2 Å². The summed E-state index contributed by atoms with van der Waals surface area (Å²) in [6, 6.07) is 14.5. The fraction of sp³-hybridized carbons (Fsp3) is 0.435. The molecule has 4 rings (SSSR count). The highest BCUT2D eigenvalue weighted by Crippen LogP contribution is 2.26. The molecule has 0 unspecified atom stereocenters. The normalized spacial score (nSPS) is 16.5. The lowest BCUT2D eigenvalue weighted by atomic mass is 10.1. The van der Waals surface area contributed by atoms with Crippen LogP contribution < -0.4 is 9.47 Å². The van der Waals surface area contributed by atoms with Crippen LogP contribution in [-0.4, -0.2) is 55.6 Å². The minimum atomic E-state index is 0.247. The van der Waals surface area contributed by atoms with E-state index < -0.39 is 0 Å². The van der Waals surface area contributed by atoms with Crippen LogP contribution in [0.25, 0.3) is 0 Å². The van der Waals surface area contributed by atoms with Crippen LogP contribution in [0.3, 0.4) is 0 Å². The molecule has 0 atom stereocenters. The molecule has 2 aliphatic heterocycles. The molecule has 0 aromatic heterocycles. The van der Waals surface area contributed by atoms with Crippen LogP contribution in [0.2, 0.25) is 0 Å². The molecule has 2 heterocycles. The summed E-state index contributed by atoms with van der Waals surface area (Å²) >= 11 is 0. The van der Waals surface area contributed by atoms with Crippen LogP contribution in [0.5, 0.6) is 11.5 Å². The third-order valence-corrected chi connectivity index (χ3v) is 5.65. The van der Waals surface area contributed by atoms with Gasteiger partial charge in [-0.2, -0.15) is 0 Å². The van der Waals surface area contributed by atoms with E-state index in [-0.39, 0.29) is 5.91 Å². The SMILES string of the molecule is COc1cccc(CCC(=O)N2CCN(Cc3ccc4c(c3)CCO4)CC2)c1. The highest BCUT2D eigenvalue weighted by atomic mass is 16.5. The zero-order chi connectivity index (χ0) is 19.3. The van der Waals surface area contributed by atoms with Crippen molar-refractivity contribution in [1.82, 2.24) is 9.80 Å². The lowest BCUT2D eigenvalue weighted by Gasteiger charge is -2.35. The van der Waals surface area contributed by atoms with Crippen molar-refractivity contribution in [2.24, 2.45) is 0 Å². The van der Waals surface area contributed by atoms with Gasteiger partial charge in [-0.3, -0.25) is 9.69 Å².